The van der Waals surface area contributed by atoms with Gasteiger partial charge in [-0.05, 0) is 65.9 Å². The van der Waals surface area contributed by atoms with Crippen LogP contribution in [0.3, 0.4) is 0 Å². The predicted octanol–water partition coefficient (Wildman–Crippen LogP) is 4.61. The van der Waals surface area contributed by atoms with Crippen molar-refractivity contribution in [2.45, 2.75) is 6.18 Å². The van der Waals surface area contributed by atoms with Gasteiger partial charge >= 0.3 is 6.18 Å². The van der Waals surface area contributed by atoms with Gasteiger partial charge in [0.15, 0.2) is 0 Å². The van der Waals surface area contributed by atoms with Gasteiger partial charge in [-0.1, -0.05) is 12.1 Å². The molecule has 0 bridgehead atoms. The van der Waals surface area contributed by atoms with Crippen LogP contribution in [-0.2, 0) is 6.18 Å². The zero-order valence-electron chi connectivity index (χ0n) is 16.7. The number of ether oxygens (including phenoxy) is 1. The van der Waals surface area contributed by atoms with E-state index in [0.717, 1.165) is 24.3 Å². The molecule has 32 heavy (non-hydrogen) atoms. The van der Waals surface area contributed by atoms with Crippen LogP contribution in [0.5, 0.6) is 5.75 Å². The molecule has 0 spiro atoms. The Hall–Kier alpha value is -4.21. The average Bonchev–Trinajstić information content (AvgIpc) is 3.29. The molecule has 4 aromatic rings. The standard InChI is InChI=1S/C22H16F3N5O2/c1-32-17-12-10-16(11-13-17)30-28-20(27-29-30)18-4-2-3-5-19(18)26-21(31)14-6-8-15(9-7-14)22(23,24)25/h2-13H,1H3,(H,26,31). The molecule has 7 nitrogen and oxygen atoms in total. The van der Waals surface area contributed by atoms with Crippen LogP contribution in [0.2, 0.25) is 0 Å². The first-order chi connectivity index (χ1) is 15.3. The Bertz CT molecular complexity index is 1240. The first kappa shape index (κ1) is 21.0. The number of nitrogens with one attached hydrogen (secondary N) is 1. The summed E-state index contributed by atoms with van der Waals surface area (Å²) < 4.78 is 43.4. The second-order valence-corrected chi connectivity index (χ2v) is 6.68. The lowest BCUT2D eigenvalue weighted by Gasteiger charge is -2.10. The number of benzene rings is 3. The third-order valence-electron chi connectivity index (χ3n) is 4.61. The zero-order chi connectivity index (χ0) is 22.7. The van der Waals surface area contributed by atoms with E-state index in [2.05, 4.69) is 20.7 Å². The average molecular weight is 439 g/mol. The maximum atomic E-state index is 12.7. The topological polar surface area (TPSA) is 81.9 Å². The summed E-state index contributed by atoms with van der Waals surface area (Å²) in [5.41, 5.74) is 0.825. The van der Waals surface area contributed by atoms with Crippen molar-refractivity contribution in [1.29, 1.82) is 0 Å². The highest BCUT2D eigenvalue weighted by Crippen LogP contribution is 2.30. The number of aromatic nitrogens is 4. The molecular formula is C22H16F3N5O2. The number of hydrogen-bond donors (Lipinski definition) is 1. The predicted molar refractivity (Wildman–Crippen MR) is 111 cm³/mol. The van der Waals surface area contributed by atoms with Gasteiger partial charge in [0, 0.05) is 11.1 Å². The Labute approximate surface area is 180 Å². The van der Waals surface area contributed by atoms with Crippen LogP contribution >= 0.6 is 0 Å². The van der Waals surface area contributed by atoms with Gasteiger partial charge in [-0.3, -0.25) is 4.79 Å². The molecule has 0 aliphatic rings. The van der Waals surface area contributed by atoms with Crippen molar-refractivity contribution < 1.29 is 22.7 Å². The van der Waals surface area contributed by atoms with Crippen LogP contribution < -0.4 is 10.1 Å². The van der Waals surface area contributed by atoms with Gasteiger partial charge in [0.25, 0.3) is 5.91 Å². The molecule has 3 aromatic carbocycles. The molecule has 10 heteroatoms. The Balaban J connectivity index is 1.57. The molecule has 0 fully saturated rings. The molecule has 0 aliphatic heterocycles. The molecule has 4 rings (SSSR count). The van der Waals surface area contributed by atoms with Gasteiger partial charge < -0.3 is 10.1 Å². The van der Waals surface area contributed by atoms with Crippen LogP contribution in [-0.4, -0.2) is 33.2 Å². The van der Waals surface area contributed by atoms with E-state index in [1.54, 1.807) is 55.6 Å². The number of amides is 1. The summed E-state index contributed by atoms with van der Waals surface area (Å²) in [4.78, 5) is 13.9. The highest BCUT2D eigenvalue weighted by Gasteiger charge is 2.30. The Morgan fingerprint density at radius 1 is 0.969 bits per heavy atom. The summed E-state index contributed by atoms with van der Waals surface area (Å²) in [6, 6.07) is 17.8. The smallest absolute Gasteiger partial charge is 0.416 e. The van der Waals surface area contributed by atoms with Crippen LogP contribution in [0.25, 0.3) is 17.1 Å². The number of rotatable bonds is 5. The number of carbonyl (C=O) groups excluding carboxylic acids is 1. The number of methoxy groups -OCH3 is 1. The molecule has 0 unspecified atom stereocenters. The molecule has 0 saturated heterocycles. The van der Waals surface area contributed by atoms with Crippen LogP contribution in [0.1, 0.15) is 15.9 Å². The molecule has 0 saturated carbocycles. The van der Waals surface area contributed by atoms with Crippen LogP contribution in [0.15, 0.2) is 72.8 Å². The summed E-state index contributed by atoms with van der Waals surface area (Å²) in [5.74, 6) is 0.392. The van der Waals surface area contributed by atoms with E-state index in [-0.39, 0.29) is 11.4 Å². The van der Waals surface area contributed by atoms with E-state index in [1.807, 2.05) is 0 Å². The number of anilines is 1. The van der Waals surface area contributed by atoms with Crippen LogP contribution in [0, 0.1) is 0 Å². The van der Waals surface area contributed by atoms with E-state index in [1.165, 1.54) is 4.80 Å². The molecule has 162 valence electrons. The molecule has 0 aliphatic carbocycles. The minimum Gasteiger partial charge on any atom is -0.497 e. The van der Waals surface area contributed by atoms with Crippen molar-refractivity contribution in [3.8, 4) is 22.8 Å². The molecule has 1 heterocycles. The van der Waals surface area contributed by atoms with E-state index < -0.39 is 17.6 Å². The summed E-state index contributed by atoms with van der Waals surface area (Å²) in [7, 11) is 1.57. The lowest BCUT2D eigenvalue weighted by Crippen LogP contribution is -2.13. The van der Waals surface area contributed by atoms with Crippen molar-refractivity contribution in [2.24, 2.45) is 0 Å². The summed E-state index contributed by atoms with van der Waals surface area (Å²) in [6.07, 6.45) is -4.47. The third-order valence-corrected chi connectivity index (χ3v) is 4.61. The summed E-state index contributed by atoms with van der Waals surface area (Å²) in [6.45, 7) is 0. The SMILES string of the molecule is COc1ccc(-n2nnc(-c3ccccc3NC(=O)c3ccc(C(F)(F)F)cc3)n2)cc1. The largest absolute Gasteiger partial charge is 0.497 e. The number of nitrogens with zero attached hydrogens (tertiary/aromatic N) is 4. The number of carbonyl (C=O) groups is 1. The first-order valence-electron chi connectivity index (χ1n) is 9.37. The Kier molecular flexibility index (Phi) is 5.59. The Morgan fingerprint density at radius 3 is 2.31 bits per heavy atom. The molecule has 0 atom stereocenters. The van der Waals surface area contributed by atoms with Gasteiger partial charge in [0.05, 0.1) is 24.0 Å². The van der Waals surface area contributed by atoms with Crippen molar-refractivity contribution >= 4 is 11.6 Å². The number of halogens is 3. The van der Waals surface area contributed by atoms with Crippen molar-refractivity contribution in [3.05, 3.63) is 83.9 Å². The monoisotopic (exact) mass is 439 g/mol. The normalized spacial score (nSPS) is 11.2. The quantitative estimate of drug-likeness (QED) is 0.491. The van der Waals surface area contributed by atoms with Gasteiger partial charge in [-0.15, -0.1) is 15.0 Å². The molecule has 1 N–H and O–H groups in total. The zero-order valence-corrected chi connectivity index (χ0v) is 16.7. The lowest BCUT2D eigenvalue weighted by atomic mass is 10.1. The van der Waals surface area contributed by atoms with Crippen molar-refractivity contribution in [2.75, 3.05) is 12.4 Å². The Morgan fingerprint density at radius 2 is 1.66 bits per heavy atom. The molecule has 1 amide bonds. The van der Waals surface area contributed by atoms with Crippen molar-refractivity contribution in [1.82, 2.24) is 20.2 Å². The summed E-state index contributed by atoms with van der Waals surface area (Å²) >= 11 is 0. The second-order valence-electron chi connectivity index (χ2n) is 6.68. The third kappa shape index (κ3) is 4.43. The van der Waals surface area contributed by atoms with Crippen molar-refractivity contribution in [3.63, 3.8) is 0 Å². The fourth-order valence-corrected chi connectivity index (χ4v) is 2.94. The number of tetrazole rings is 1. The molecule has 1 aromatic heterocycles. The van der Waals surface area contributed by atoms with Crippen LogP contribution in [0.4, 0.5) is 18.9 Å². The number of para-hydroxylation sites is 1. The fourth-order valence-electron chi connectivity index (χ4n) is 2.94. The minimum absolute atomic E-state index is 0.0858. The lowest BCUT2D eigenvalue weighted by molar-refractivity contribution is -0.137. The fraction of sp³-hybridized carbons (Fsp3) is 0.0909. The second kappa shape index (κ2) is 8.50. The maximum Gasteiger partial charge on any atom is 0.416 e. The molecule has 0 radical (unpaired) electrons. The minimum atomic E-state index is -4.47. The van der Waals surface area contributed by atoms with Gasteiger partial charge in [0.1, 0.15) is 5.75 Å². The highest BCUT2D eigenvalue weighted by atomic mass is 19.4. The van der Waals surface area contributed by atoms with E-state index in [4.69, 9.17) is 4.74 Å². The van der Waals surface area contributed by atoms with E-state index >= 15 is 0 Å². The van der Waals surface area contributed by atoms with E-state index in [9.17, 15) is 18.0 Å². The first-order valence-corrected chi connectivity index (χ1v) is 9.37. The maximum absolute atomic E-state index is 12.7. The number of alkyl halides is 3. The van der Waals surface area contributed by atoms with Gasteiger partial charge in [-0.2, -0.15) is 13.2 Å². The number of hydrogen-bond acceptors (Lipinski definition) is 5. The van der Waals surface area contributed by atoms with Gasteiger partial charge in [-0.25, -0.2) is 0 Å². The highest BCUT2D eigenvalue weighted by molar-refractivity contribution is 6.06. The van der Waals surface area contributed by atoms with Gasteiger partial charge in [0.2, 0.25) is 5.82 Å². The van der Waals surface area contributed by atoms with E-state index in [0.29, 0.717) is 22.7 Å². The summed E-state index contributed by atoms with van der Waals surface area (Å²) in [5, 5.41) is 15.2. The molecular weight excluding hydrogens is 423 g/mol.